The van der Waals surface area contributed by atoms with Gasteiger partial charge in [0.2, 0.25) is 0 Å². The third-order valence-corrected chi connectivity index (χ3v) is 5.08. The fraction of sp³-hybridized carbons (Fsp3) is 0.579. The van der Waals surface area contributed by atoms with Crippen LogP contribution >= 0.6 is 8.46 Å². The van der Waals surface area contributed by atoms with Crippen LogP contribution < -0.4 is 9.47 Å². The molecule has 0 spiro atoms. The summed E-state index contributed by atoms with van der Waals surface area (Å²) in [6, 6.07) is 4.91. The van der Waals surface area contributed by atoms with Crippen LogP contribution in [0, 0.1) is 0 Å². The summed E-state index contributed by atoms with van der Waals surface area (Å²) >= 11 is 0. The van der Waals surface area contributed by atoms with Crippen LogP contribution in [0.2, 0.25) is 0 Å². The van der Waals surface area contributed by atoms with Crippen molar-refractivity contribution in [2.24, 2.45) is 0 Å². The largest absolute Gasteiger partial charge is 0.496 e. The molecule has 9 heteroatoms. The van der Waals surface area contributed by atoms with Crippen molar-refractivity contribution in [1.82, 2.24) is 0 Å². The topological polar surface area (TPSA) is 97.4 Å². The Hall–Kier alpha value is -2.02. The molecule has 0 aromatic heterocycles. The first-order chi connectivity index (χ1) is 13.5. The van der Waals surface area contributed by atoms with Crippen LogP contribution in [-0.2, 0) is 23.9 Å². The quantitative estimate of drug-likeness (QED) is 0.150. The highest BCUT2D eigenvalue weighted by Gasteiger charge is 2.44. The summed E-state index contributed by atoms with van der Waals surface area (Å²) < 4.78 is 27.4. The van der Waals surface area contributed by atoms with E-state index in [2.05, 4.69) is 0 Å². The molecule has 0 saturated heterocycles. The Labute approximate surface area is 166 Å². The number of methoxy groups -OCH3 is 3. The van der Waals surface area contributed by atoms with Crippen LogP contribution in [0.5, 0.6) is 11.5 Å². The molecule has 1 rings (SSSR count). The molecule has 0 heterocycles. The molecule has 0 fully saturated rings. The van der Waals surface area contributed by atoms with E-state index in [1.165, 1.54) is 21.3 Å². The number of carbonyl (C=O) groups excluding carboxylic acids is 2. The van der Waals surface area contributed by atoms with Gasteiger partial charge >= 0.3 is 5.97 Å². The zero-order chi connectivity index (χ0) is 21.0. The van der Waals surface area contributed by atoms with Gasteiger partial charge in [-0.15, -0.1) is 0 Å². The minimum Gasteiger partial charge on any atom is -0.496 e. The molecule has 0 aliphatic heterocycles. The van der Waals surface area contributed by atoms with Crippen molar-refractivity contribution < 1.29 is 38.1 Å². The van der Waals surface area contributed by atoms with E-state index in [1.54, 1.807) is 18.2 Å². The molecular formula is C19H27O8P. The van der Waals surface area contributed by atoms with Gasteiger partial charge in [0.05, 0.1) is 20.8 Å². The highest BCUT2D eigenvalue weighted by Crippen LogP contribution is 2.39. The van der Waals surface area contributed by atoms with Crippen molar-refractivity contribution in [2.45, 2.75) is 37.8 Å². The van der Waals surface area contributed by atoms with Gasteiger partial charge in [-0.1, -0.05) is 25.8 Å². The first-order valence-corrected chi connectivity index (χ1v) is 9.72. The molecular weight excluding hydrogens is 387 g/mol. The van der Waals surface area contributed by atoms with Gasteiger partial charge in [0, 0.05) is 13.5 Å². The monoisotopic (exact) mass is 414 g/mol. The number of unbranched alkanes of at least 4 members (excludes halogenated alkanes) is 1. The predicted molar refractivity (Wildman–Crippen MR) is 102 cm³/mol. The number of carbonyl (C=O) groups is 2. The van der Waals surface area contributed by atoms with Crippen molar-refractivity contribution in [2.75, 3.05) is 34.5 Å². The van der Waals surface area contributed by atoms with Crippen LogP contribution in [-0.4, -0.2) is 51.5 Å². The molecule has 1 aromatic rings. The van der Waals surface area contributed by atoms with Gasteiger partial charge in [0.15, 0.2) is 19.4 Å². The third-order valence-electron chi connectivity index (χ3n) is 4.16. The lowest BCUT2D eigenvalue weighted by molar-refractivity contribution is -0.278. The van der Waals surface area contributed by atoms with Crippen LogP contribution in [0.25, 0.3) is 0 Å². The van der Waals surface area contributed by atoms with E-state index in [-0.39, 0.29) is 31.6 Å². The van der Waals surface area contributed by atoms with Crippen molar-refractivity contribution in [3.8, 4) is 11.5 Å². The van der Waals surface area contributed by atoms with Gasteiger partial charge in [-0.25, -0.2) is 4.79 Å². The molecule has 28 heavy (non-hydrogen) atoms. The SMILES string of the molecule is CCCCC(CC(=O)c1c(OC)cccc1OC)(P=O)C(=O)OOCCOC. The second kappa shape index (κ2) is 12.4. The predicted octanol–water partition coefficient (Wildman–Crippen LogP) is 3.62. The molecule has 8 nitrogen and oxygen atoms in total. The lowest BCUT2D eigenvalue weighted by Crippen LogP contribution is -2.37. The van der Waals surface area contributed by atoms with E-state index < -0.39 is 25.4 Å². The summed E-state index contributed by atoms with van der Waals surface area (Å²) in [5, 5.41) is -1.56. The Balaban J connectivity index is 3.14. The fourth-order valence-electron chi connectivity index (χ4n) is 2.62. The Morgan fingerprint density at radius 3 is 2.21 bits per heavy atom. The average molecular weight is 414 g/mol. The van der Waals surface area contributed by atoms with E-state index in [9.17, 15) is 14.2 Å². The Kier molecular flexibility index (Phi) is 10.7. The van der Waals surface area contributed by atoms with Crippen molar-refractivity contribution in [3.63, 3.8) is 0 Å². The number of ketones is 1. The lowest BCUT2D eigenvalue weighted by atomic mass is 9.92. The Bertz CT molecular complexity index is 641. The van der Waals surface area contributed by atoms with E-state index in [4.69, 9.17) is 24.0 Å². The van der Waals surface area contributed by atoms with Gasteiger partial charge in [-0.3, -0.25) is 14.2 Å². The number of Topliss-reactive ketones (excluding diaryl/α,β-unsaturated/α-hetero) is 1. The van der Waals surface area contributed by atoms with Gasteiger partial charge in [-0.05, 0) is 18.6 Å². The number of benzene rings is 1. The average Bonchev–Trinajstić information content (AvgIpc) is 2.73. The zero-order valence-corrected chi connectivity index (χ0v) is 17.6. The number of hydrogen-bond acceptors (Lipinski definition) is 8. The maximum absolute atomic E-state index is 13.1. The van der Waals surface area contributed by atoms with Crippen LogP contribution in [0.3, 0.4) is 0 Å². The molecule has 1 unspecified atom stereocenters. The van der Waals surface area contributed by atoms with Crippen molar-refractivity contribution in [1.29, 1.82) is 0 Å². The second-order valence-corrected chi connectivity index (χ2v) is 7.09. The fourth-order valence-corrected chi connectivity index (χ4v) is 3.19. The molecule has 0 amide bonds. The minimum absolute atomic E-state index is 0.0239. The summed E-state index contributed by atoms with van der Waals surface area (Å²) in [6.07, 6.45) is 1.19. The zero-order valence-electron chi connectivity index (χ0n) is 16.7. The van der Waals surface area contributed by atoms with E-state index in [1.807, 2.05) is 6.92 Å². The van der Waals surface area contributed by atoms with Crippen molar-refractivity contribution in [3.05, 3.63) is 23.8 Å². The third kappa shape index (κ3) is 6.26. The highest BCUT2D eigenvalue weighted by molar-refractivity contribution is 7.27. The van der Waals surface area contributed by atoms with Gasteiger partial charge < -0.3 is 14.2 Å². The number of hydrogen-bond donors (Lipinski definition) is 0. The first kappa shape index (κ1) is 24.0. The summed E-state index contributed by atoms with van der Waals surface area (Å²) in [6.45, 7) is 2.18. The van der Waals surface area contributed by atoms with Gasteiger partial charge in [-0.2, -0.15) is 4.89 Å². The Morgan fingerprint density at radius 2 is 1.71 bits per heavy atom. The molecule has 0 aliphatic rings. The molecule has 0 N–H and O–H groups in total. The smallest absolute Gasteiger partial charge is 0.360 e. The molecule has 1 atom stereocenters. The van der Waals surface area contributed by atoms with E-state index >= 15 is 0 Å². The number of ether oxygens (including phenoxy) is 3. The second-order valence-electron chi connectivity index (χ2n) is 6.05. The minimum atomic E-state index is -1.56. The van der Waals surface area contributed by atoms with Gasteiger partial charge in [0.1, 0.15) is 23.7 Å². The normalized spacial score (nSPS) is 13.0. The van der Waals surface area contributed by atoms with Gasteiger partial charge in [0.25, 0.3) is 0 Å². The molecule has 0 aliphatic carbocycles. The standard InChI is InChI=1S/C19H27O8P/c1-5-6-10-19(28-22,18(21)27-26-12-11-23-2)13-14(20)17-15(24-3)8-7-9-16(17)25-4/h7-9H,5-6,10-13H2,1-4H3. The van der Waals surface area contributed by atoms with Crippen LogP contribution in [0.1, 0.15) is 43.0 Å². The molecule has 0 radical (unpaired) electrons. The highest BCUT2D eigenvalue weighted by atomic mass is 31.1. The summed E-state index contributed by atoms with van der Waals surface area (Å²) in [5.74, 6) is -0.694. The van der Waals surface area contributed by atoms with E-state index in [0.717, 1.165) is 6.42 Å². The molecule has 0 bridgehead atoms. The maximum Gasteiger partial charge on any atom is 0.360 e. The maximum atomic E-state index is 13.1. The van der Waals surface area contributed by atoms with Crippen LogP contribution in [0.4, 0.5) is 0 Å². The molecule has 0 saturated carbocycles. The Morgan fingerprint density at radius 1 is 1.07 bits per heavy atom. The summed E-state index contributed by atoms with van der Waals surface area (Å²) in [5.41, 5.74) is 0.185. The van der Waals surface area contributed by atoms with Crippen molar-refractivity contribution >= 4 is 20.2 Å². The molecule has 1 aromatic carbocycles. The van der Waals surface area contributed by atoms with Crippen LogP contribution in [0.15, 0.2) is 18.2 Å². The summed E-state index contributed by atoms with van der Waals surface area (Å²) in [7, 11) is 3.82. The lowest BCUT2D eigenvalue weighted by Gasteiger charge is -2.24. The number of rotatable bonds is 14. The summed E-state index contributed by atoms with van der Waals surface area (Å²) in [4.78, 5) is 35.3. The first-order valence-electron chi connectivity index (χ1n) is 8.91. The van der Waals surface area contributed by atoms with E-state index in [0.29, 0.717) is 17.9 Å². The molecule has 156 valence electrons.